The number of azide groups is 1. The van der Waals surface area contributed by atoms with Gasteiger partial charge in [-0.15, -0.1) is 0 Å². The number of carbonyl (C=O) groups excluding carboxylic acids is 1. The van der Waals surface area contributed by atoms with Crippen LogP contribution < -0.4 is 4.74 Å². The van der Waals surface area contributed by atoms with Crippen LogP contribution in [0.2, 0.25) is 5.15 Å². The summed E-state index contributed by atoms with van der Waals surface area (Å²) in [6.45, 7) is 3.61. The van der Waals surface area contributed by atoms with Crippen LogP contribution in [0, 0.1) is 5.92 Å². The lowest BCUT2D eigenvalue weighted by Crippen LogP contribution is -2.43. The topological polar surface area (TPSA) is 104 Å². The van der Waals surface area contributed by atoms with Crippen molar-refractivity contribution in [3.05, 3.63) is 39.6 Å². The van der Waals surface area contributed by atoms with E-state index < -0.39 is 5.54 Å². The Kier molecular flexibility index (Phi) is 5.13. The zero-order valence-electron chi connectivity index (χ0n) is 15.7. The predicted octanol–water partition coefficient (Wildman–Crippen LogP) is 4.07. The van der Waals surface area contributed by atoms with Crippen molar-refractivity contribution in [1.29, 1.82) is 0 Å². The van der Waals surface area contributed by atoms with Crippen LogP contribution >= 0.6 is 11.6 Å². The van der Waals surface area contributed by atoms with Gasteiger partial charge in [0.25, 0.3) is 0 Å². The summed E-state index contributed by atoms with van der Waals surface area (Å²) in [5.41, 5.74) is 8.79. The second kappa shape index (κ2) is 7.21. The van der Waals surface area contributed by atoms with E-state index in [1.807, 2.05) is 0 Å². The third kappa shape index (κ3) is 3.77. The number of hydrogen-bond donors (Lipinski definition) is 0. The summed E-state index contributed by atoms with van der Waals surface area (Å²) in [5, 5.41) is 5.67. The number of hydrogen-bond acceptors (Lipinski definition) is 5. The number of carbonyl (C=O) groups is 1. The molecule has 0 atom stereocenters. The molecule has 0 aromatic carbocycles. The lowest BCUT2D eigenvalue weighted by molar-refractivity contribution is -0.138. The fourth-order valence-electron chi connectivity index (χ4n) is 3.22. The average molecular weight is 389 g/mol. The number of amides is 1. The van der Waals surface area contributed by atoms with Crippen LogP contribution in [0.15, 0.2) is 23.6 Å². The molecule has 27 heavy (non-hydrogen) atoms. The smallest absolute Gasteiger partial charge is 0.225 e. The number of rotatable bonds is 5. The minimum absolute atomic E-state index is 0.00740. The number of ether oxygens (including phenoxy) is 1. The molecular weight excluding hydrogens is 368 g/mol. The Balaban J connectivity index is 1.90. The van der Waals surface area contributed by atoms with Crippen LogP contribution in [0.25, 0.3) is 21.2 Å². The van der Waals surface area contributed by atoms with E-state index in [0.29, 0.717) is 29.3 Å². The van der Waals surface area contributed by atoms with Gasteiger partial charge in [-0.05, 0) is 35.4 Å². The highest BCUT2D eigenvalue weighted by molar-refractivity contribution is 6.30. The van der Waals surface area contributed by atoms with E-state index in [4.69, 9.17) is 21.9 Å². The maximum absolute atomic E-state index is 12.0. The molecule has 1 amide bonds. The Hall–Kier alpha value is -2.57. The number of aromatic nitrogens is 2. The molecule has 142 valence electrons. The number of halogens is 1. The van der Waals surface area contributed by atoms with Crippen LogP contribution in [0.5, 0.6) is 5.88 Å². The van der Waals surface area contributed by atoms with Crippen molar-refractivity contribution in [1.82, 2.24) is 14.9 Å². The van der Waals surface area contributed by atoms with Crippen LogP contribution in [0.3, 0.4) is 0 Å². The third-order valence-electron chi connectivity index (χ3n) is 4.82. The van der Waals surface area contributed by atoms with Crippen molar-refractivity contribution in [3.8, 4) is 5.88 Å². The largest absolute Gasteiger partial charge is 0.474 e. The molecule has 2 heterocycles. The second-order valence-electron chi connectivity index (χ2n) is 7.42. The molecular formula is C18H21ClN6O2. The zero-order chi connectivity index (χ0) is 19.8. The van der Waals surface area contributed by atoms with Crippen molar-refractivity contribution in [2.75, 3.05) is 14.1 Å². The summed E-state index contributed by atoms with van der Waals surface area (Å²) < 4.78 is 6.02. The minimum atomic E-state index is -0.803. The molecule has 1 aliphatic rings. The first-order valence-electron chi connectivity index (χ1n) is 8.61. The fourth-order valence-corrected chi connectivity index (χ4v) is 3.38. The van der Waals surface area contributed by atoms with E-state index in [0.717, 1.165) is 10.9 Å². The minimum Gasteiger partial charge on any atom is -0.474 e. The van der Waals surface area contributed by atoms with Crippen molar-refractivity contribution >= 4 is 28.3 Å². The predicted molar refractivity (Wildman–Crippen MR) is 103 cm³/mol. The van der Waals surface area contributed by atoms with Crippen molar-refractivity contribution in [3.63, 3.8) is 0 Å². The maximum Gasteiger partial charge on any atom is 0.225 e. The van der Waals surface area contributed by atoms with E-state index >= 15 is 0 Å². The van der Waals surface area contributed by atoms with Crippen molar-refractivity contribution in [2.24, 2.45) is 11.0 Å². The van der Waals surface area contributed by atoms with Crippen LogP contribution in [0.4, 0.5) is 0 Å². The van der Waals surface area contributed by atoms with E-state index in [-0.39, 0.29) is 17.9 Å². The summed E-state index contributed by atoms with van der Waals surface area (Å²) in [7, 11) is 3.51. The molecule has 2 aromatic heterocycles. The number of fused-ring (bicyclic) bond motifs is 1. The first kappa shape index (κ1) is 19.2. The SMILES string of the molecule is CN(C)C(=O)C1CC(Oc2ncc(C(C)(C)N=[N+]=[N-])c3cc(Cl)ncc23)C1. The molecule has 0 N–H and O–H groups in total. The lowest BCUT2D eigenvalue weighted by Gasteiger charge is -2.35. The number of pyridine rings is 2. The van der Waals surface area contributed by atoms with Gasteiger partial charge in [0.15, 0.2) is 0 Å². The van der Waals surface area contributed by atoms with Gasteiger partial charge in [-0.1, -0.05) is 30.6 Å². The summed E-state index contributed by atoms with van der Waals surface area (Å²) in [5.74, 6) is 0.551. The van der Waals surface area contributed by atoms with Crippen molar-refractivity contribution in [2.45, 2.75) is 38.3 Å². The van der Waals surface area contributed by atoms with E-state index in [1.54, 1.807) is 51.3 Å². The van der Waals surface area contributed by atoms with Crippen LogP contribution in [0.1, 0.15) is 32.3 Å². The van der Waals surface area contributed by atoms with Gasteiger partial charge in [0.2, 0.25) is 11.8 Å². The van der Waals surface area contributed by atoms with Gasteiger partial charge in [-0.2, -0.15) is 0 Å². The molecule has 0 saturated heterocycles. The van der Waals surface area contributed by atoms with Crippen molar-refractivity contribution < 1.29 is 9.53 Å². The molecule has 0 bridgehead atoms. The van der Waals surface area contributed by atoms with E-state index in [9.17, 15) is 4.79 Å². The quantitative estimate of drug-likeness (QED) is 0.333. The molecule has 1 aliphatic carbocycles. The summed E-state index contributed by atoms with van der Waals surface area (Å²) >= 11 is 6.08. The second-order valence-corrected chi connectivity index (χ2v) is 7.81. The monoisotopic (exact) mass is 388 g/mol. The average Bonchev–Trinajstić information content (AvgIpc) is 2.56. The maximum atomic E-state index is 12.0. The molecule has 1 fully saturated rings. The third-order valence-corrected chi connectivity index (χ3v) is 5.03. The first-order valence-corrected chi connectivity index (χ1v) is 8.99. The van der Waals surface area contributed by atoms with Gasteiger partial charge < -0.3 is 9.64 Å². The van der Waals surface area contributed by atoms with E-state index in [1.165, 1.54) is 0 Å². The molecule has 0 radical (unpaired) electrons. The molecule has 3 rings (SSSR count). The van der Waals surface area contributed by atoms with Gasteiger partial charge in [-0.25, -0.2) is 9.97 Å². The van der Waals surface area contributed by atoms with E-state index in [2.05, 4.69) is 20.0 Å². The lowest BCUT2D eigenvalue weighted by atomic mass is 9.81. The molecule has 0 aliphatic heterocycles. The van der Waals surface area contributed by atoms with Crippen LogP contribution in [-0.2, 0) is 10.3 Å². The fraction of sp³-hybridized carbons (Fsp3) is 0.500. The highest BCUT2D eigenvalue weighted by Gasteiger charge is 2.37. The molecule has 1 saturated carbocycles. The van der Waals surface area contributed by atoms with Gasteiger partial charge >= 0.3 is 0 Å². The van der Waals surface area contributed by atoms with Gasteiger partial charge in [-0.3, -0.25) is 4.79 Å². The Morgan fingerprint density at radius 2 is 2.04 bits per heavy atom. The Morgan fingerprint density at radius 3 is 2.67 bits per heavy atom. The summed E-state index contributed by atoms with van der Waals surface area (Å²) in [4.78, 5) is 25.1. The Labute approximate surface area is 162 Å². The molecule has 2 aromatic rings. The Bertz CT molecular complexity index is 933. The standard InChI is InChI=1S/C18H21ClN6O2/c1-18(2,23-24-20)14-9-22-16(13-8-21-15(19)7-12(13)14)27-11-5-10(6-11)17(26)25(3)4/h7-11H,5-6H2,1-4H3. The highest BCUT2D eigenvalue weighted by atomic mass is 35.5. The number of nitrogens with zero attached hydrogens (tertiary/aromatic N) is 6. The van der Waals surface area contributed by atoms with Gasteiger partial charge in [0, 0.05) is 37.3 Å². The van der Waals surface area contributed by atoms with Crippen LogP contribution in [-0.4, -0.2) is 41.0 Å². The van der Waals surface area contributed by atoms with Gasteiger partial charge in [0.05, 0.1) is 10.9 Å². The van der Waals surface area contributed by atoms with Gasteiger partial charge in [0.1, 0.15) is 11.3 Å². The Morgan fingerprint density at radius 1 is 1.33 bits per heavy atom. The first-order chi connectivity index (χ1) is 12.7. The molecule has 0 unspecified atom stereocenters. The normalized spacial score (nSPS) is 19.1. The summed E-state index contributed by atoms with van der Waals surface area (Å²) in [6, 6.07) is 1.72. The molecule has 0 spiro atoms. The highest BCUT2D eigenvalue weighted by Crippen LogP contribution is 2.38. The molecule has 8 nitrogen and oxygen atoms in total. The molecule has 9 heteroatoms. The summed E-state index contributed by atoms with van der Waals surface area (Å²) in [6.07, 6.45) is 4.50. The zero-order valence-corrected chi connectivity index (χ0v) is 16.4.